The second-order valence-corrected chi connectivity index (χ2v) is 13.9. The molecule has 0 atom stereocenters. The maximum atomic E-state index is 2.41. The summed E-state index contributed by atoms with van der Waals surface area (Å²) in [6.07, 6.45) is 0. The number of nitrogens with zero attached hydrogens (tertiary/aromatic N) is 2. The van der Waals surface area contributed by atoms with Gasteiger partial charge >= 0.3 is 0 Å². The summed E-state index contributed by atoms with van der Waals surface area (Å²) in [7, 11) is 2.18. The number of aryl methyl sites for hydroxylation is 1. The number of aromatic nitrogens is 1. The van der Waals surface area contributed by atoms with E-state index in [1.165, 1.54) is 66.7 Å². The average molecular weight is 643 g/mol. The van der Waals surface area contributed by atoms with E-state index >= 15 is 0 Å². The second kappa shape index (κ2) is 11.8. The molecule has 0 radical (unpaired) electrons. The lowest BCUT2D eigenvalue weighted by molar-refractivity contribution is 0.660. The van der Waals surface area contributed by atoms with Crippen molar-refractivity contribution in [2.24, 2.45) is 7.05 Å². The number of hydrogen-bond donors (Lipinski definition) is 0. The Morgan fingerprint density at radius 1 is 0.440 bits per heavy atom. The molecule has 7 aromatic carbocycles. The van der Waals surface area contributed by atoms with E-state index in [0.29, 0.717) is 0 Å². The molecule has 9 rings (SSSR count). The fourth-order valence-electron chi connectivity index (χ4n) is 8.11. The zero-order valence-electron chi connectivity index (χ0n) is 28.6. The first-order valence-corrected chi connectivity index (χ1v) is 17.4. The predicted molar refractivity (Wildman–Crippen MR) is 211 cm³/mol. The molecule has 0 amide bonds. The molecule has 1 aromatic heterocycles. The molecule has 50 heavy (non-hydrogen) atoms. The van der Waals surface area contributed by atoms with Gasteiger partial charge in [0, 0.05) is 46.0 Å². The first-order chi connectivity index (χ1) is 24.5. The van der Waals surface area contributed by atoms with Crippen molar-refractivity contribution in [3.05, 3.63) is 187 Å². The van der Waals surface area contributed by atoms with E-state index in [4.69, 9.17) is 0 Å². The number of fused-ring (bicyclic) bond motifs is 4. The van der Waals surface area contributed by atoms with Crippen LogP contribution in [0.2, 0.25) is 0 Å². The summed E-state index contributed by atoms with van der Waals surface area (Å²) in [6.45, 7) is 4.70. The van der Waals surface area contributed by atoms with Crippen molar-refractivity contribution < 1.29 is 0 Å². The molecular weight excluding hydrogens is 605 g/mol. The van der Waals surface area contributed by atoms with E-state index in [2.05, 4.69) is 206 Å². The summed E-state index contributed by atoms with van der Waals surface area (Å²) in [4.78, 5) is 2.40. The Bertz CT molecular complexity index is 2490. The van der Waals surface area contributed by atoms with Gasteiger partial charge in [-0.1, -0.05) is 147 Å². The second-order valence-electron chi connectivity index (χ2n) is 13.9. The Morgan fingerprint density at radius 2 is 0.960 bits per heavy atom. The molecule has 2 heteroatoms. The molecule has 0 saturated carbocycles. The highest BCUT2D eigenvalue weighted by atomic mass is 15.1. The van der Waals surface area contributed by atoms with Crippen LogP contribution in [-0.2, 0) is 12.5 Å². The van der Waals surface area contributed by atoms with E-state index in [9.17, 15) is 0 Å². The van der Waals surface area contributed by atoms with Crippen molar-refractivity contribution in [2.75, 3.05) is 4.90 Å². The summed E-state index contributed by atoms with van der Waals surface area (Å²) < 4.78 is 2.33. The number of anilines is 3. The van der Waals surface area contributed by atoms with Crippen LogP contribution in [0.25, 0.3) is 55.5 Å². The lowest BCUT2D eigenvalue weighted by Crippen LogP contribution is -2.16. The molecule has 0 N–H and O–H groups in total. The van der Waals surface area contributed by atoms with Crippen LogP contribution < -0.4 is 4.90 Å². The van der Waals surface area contributed by atoms with Gasteiger partial charge in [0.1, 0.15) is 0 Å². The van der Waals surface area contributed by atoms with Gasteiger partial charge < -0.3 is 9.47 Å². The normalized spacial score (nSPS) is 12.9. The first kappa shape index (κ1) is 30.0. The third kappa shape index (κ3) is 4.79. The highest BCUT2D eigenvalue weighted by Gasteiger charge is 2.35. The van der Waals surface area contributed by atoms with Crippen molar-refractivity contribution in [1.29, 1.82) is 0 Å². The molecule has 0 saturated heterocycles. The molecule has 2 nitrogen and oxygen atoms in total. The van der Waals surface area contributed by atoms with Gasteiger partial charge in [-0.15, -0.1) is 0 Å². The van der Waals surface area contributed by atoms with Crippen LogP contribution in [0.15, 0.2) is 176 Å². The topological polar surface area (TPSA) is 8.17 Å². The van der Waals surface area contributed by atoms with Gasteiger partial charge in [0.25, 0.3) is 0 Å². The van der Waals surface area contributed by atoms with Crippen molar-refractivity contribution >= 4 is 28.0 Å². The van der Waals surface area contributed by atoms with Crippen molar-refractivity contribution in [2.45, 2.75) is 19.3 Å². The molecular formula is C48H38N2. The van der Waals surface area contributed by atoms with Crippen LogP contribution in [0.4, 0.5) is 17.1 Å². The Kier molecular flexibility index (Phi) is 7.07. The lowest BCUT2D eigenvalue weighted by atomic mass is 9.82. The Hall–Kier alpha value is -6.12. The van der Waals surface area contributed by atoms with Crippen LogP contribution in [-0.4, -0.2) is 4.57 Å². The molecule has 1 aliphatic rings. The van der Waals surface area contributed by atoms with Crippen molar-refractivity contribution in [1.82, 2.24) is 4.57 Å². The summed E-state index contributed by atoms with van der Waals surface area (Å²) >= 11 is 0. The molecule has 8 aromatic rings. The maximum absolute atomic E-state index is 2.41. The zero-order valence-corrected chi connectivity index (χ0v) is 28.6. The van der Waals surface area contributed by atoms with Gasteiger partial charge in [0.15, 0.2) is 0 Å². The number of hydrogen-bond acceptors (Lipinski definition) is 1. The van der Waals surface area contributed by atoms with Gasteiger partial charge in [0.2, 0.25) is 0 Å². The average Bonchev–Trinajstić information content (AvgIpc) is 3.60. The van der Waals surface area contributed by atoms with Gasteiger partial charge in [-0.3, -0.25) is 0 Å². The van der Waals surface area contributed by atoms with Gasteiger partial charge in [-0.05, 0) is 87.0 Å². The zero-order chi connectivity index (χ0) is 33.8. The minimum absolute atomic E-state index is 0.0865. The molecule has 0 unspecified atom stereocenters. The molecule has 1 aliphatic carbocycles. The highest BCUT2D eigenvalue weighted by Crippen LogP contribution is 2.51. The summed E-state index contributed by atoms with van der Waals surface area (Å²) in [5.74, 6) is 0. The molecule has 0 aliphatic heterocycles. The van der Waals surface area contributed by atoms with E-state index in [1.807, 2.05) is 0 Å². The molecule has 0 fully saturated rings. The number of benzene rings is 7. The molecule has 240 valence electrons. The number of para-hydroxylation sites is 1. The van der Waals surface area contributed by atoms with Crippen LogP contribution in [0.1, 0.15) is 25.0 Å². The van der Waals surface area contributed by atoms with E-state index < -0.39 is 0 Å². The minimum atomic E-state index is -0.0865. The summed E-state index contributed by atoms with van der Waals surface area (Å²) in [6, 6.07) is 64.1. The minimum Gasteiger partial charge on any atom is -0.343 e. The van der Waals surface area contributed by atoms with E-state index in [0.717, 1.165) is 17.1 Å². The molecule has 0 bridgehead atoms. The Morgan fingerprint density at radius 3 is 1.66 bits per heavy atom. The van der Waals surface area contributed by atoms with Gasteiger partial charge in [-0.25, -0.2) is 0 Å². The lowest BCUT2D eigenvalue weighted by Gasteiger charge is -2.28. The fraction of sp³-hybridized carbons (Fsp3) is 0.0833. The van der Waals surface area contributed by atoms with Crippen LogP contribution >= 0.6 is 0 Å². The molecule has 1 heterocycles. The third-order valence-corrected chi connectivity index (χ3v) is 10.6. The largest absolute Gasteiger partial charge is 0.343 e. The van der Waals surface area contributed by atoms with Crippen molar-refractivity contribution in [3.63, 3.8) is 0 Å². The van der Waals surface area contributed by atoms with E-state index in [1.54, 1.807) is 0 Å². The van der Waals surface area contributed by atoms with Gasteiger partial charge in [0.05, 0.1) is 5.69 Å². The van der Waals surface area contributed by atoms with Gasteiger partial charge in [-0.2, -0.15) is 0 Å². The first-order valence-electron chi connectivity index (χ1n) is 17.4. The third-order valence-electron chi connectivity index (χ3n) is 10.6. The fourth-order valence-corrected chi connectivity index (χ4v) is 8.11. The van der Waals surface area contributed by atoms with E-state index in [-0.39, 0.29) is 5.41 Å². The summed E-state index contributed by atoms with van der Waals surface area (Å²) in [5, 5.41) is 1.26. The molecule has 0 spiro atoms. The quantitative estimate of drug-likeness (QED) is 0.175. The highest BCUT2D eigenvalue weighted by molar-refractivity contribution is 6.04. The monoisotopic (exact) mass is 642 g/mol. The Labute approximate surface area is 294 Å². The standard InChI is InChI=1S/C48H38N2/c1-48(2)43-20-12-10-18-40(43)41-31-30-39(32-44(41)48)50(37-26-22-34(23-27-37)33-14-6-4-7-15-33)38-28-24-35(25-29-38)46-42-19-11-13-21-45(42)49(3)47(46)36-16-8-5-9-17-36/h4-32H,1-3H3. The van der Waals surface area contributed by atoms with Crippen LogP contribution in [0.3, 0.4) is 0 Å². The summed E-state index contributed by atoms with van der Waals surface area (Å²) in [5.41, 5.74) is 17.3. The SMILES string of the molecule is Cn1c(-c2ccccc2)c(-c2ccc(N(c3ccc(-c4ccccc4)cc3)c3ccc4c(c3)C(C)(C)c3ccccc3-4)cc2)c2ccccc21. The Balaban J connectivity index is 1.18. The smallest absolute Gasteiger partial charge is 0.0568 e. The van der Waals surface area contributed by atoms with Crippen molar-refractivity contribution in [3.8, 4) is 44.6 Å². The van der Waals surface area contributed by atoms with Crippen LogP contribution in [0, 0.1) is 0 Å². The number of rotatable bonds is 6. The predicted octanol–water partition coefficient (Wildman–Crippen LogP) is 13.0. The maximum Gasteiger partial charge on any atom is 0.0568 e. The van der Waals surface area contributed by atoms with Crippen LogP contribution in [0.5, 0.6) is 0 Å².